The minimum absolute atomic E-state index is 0.0731. The number of aromatic nitrogens is 3. The summed E-state index contributed by atoms with van der Waals surface area (Å²) in [6.07, 6.45) is 5.89. The fourth-order valence-electron chi connectivity index (χ4n) is 1.57. The van der Waals surface area contributed by atoms with Crippen LogP contribution in [0.15, 0.2) is 30.7 Å². The number of rotatable bonds is 6. The third kappa shape index (κ3) is 3.81. The van der Waals surface area contributed by atoms with Crippen molar-refractivity contribution in [2.45, 2.75) is 32.9 Å². The van der Waals surface area contributed by atoms with Gasteiger partial charge in [-0.2, -0.15) is 0 Å². The third-order valence-corrected chi connectivity index (χ3v) is 2.87. The van der Waals surface area contributed by atoms with Crippen molar-refractivity contribution >= 4 is 5.91 Å². The normalized spacial score (nSPS) is 11.9. The van der Waals surface area contributed by atoms with Crippen molar-refractivity contribution in [1.29, 1.82) is 0 Å². The molecule has 106 valence electrons. The number of carbonyl (C=O) groups excluding carboxylic acids is 1. The molecule has 0 bridgehead atoms. The minimum atomic E-state index is -0.183. The molecule has 2 heterocycles. The van der Waals surface area contributed by atoms with E-state index in [2.05, 4.69) is 20.3 Å². The van der Waals surface area contributed by atoms with E-state index in [0.717, 1.165) is 6.42 Å². The lowest BCUT2D eigenvalue weighted by Gasteiger charge is -2.12. The van der Waals surface area contributed by atoms with Crippen molar-refractivity contribution < 1.29 is 9.53 Å². The molecule has 0 spiro atoms. The molecule has 0 aromatic carbocycles. The van der Waals surface area contributed by atoms with Gasteiger partial charge in [0.1, 0.15) is 5.82 Å². The largest absolute Gasteiger partial charge is 0.475 e. The van der Waals surface area contributed by atoms with Gasteiger partial charge in [-0.3, -0.25) is 4.79 Å². The molecule has 0 fully saturated rings. The highest BCUT2D eigenvalue weighted by atomic mass is 16.5. The number of imidazole rings is 1. The second-order valence-corrected chi connectivity index (χ2v) is 4.44. The molecule has 0 aliphatic rings. The van der Waals surface area contributed by atoms with Crippen molar-refractivity contribution in [3.63, 3.8) is 0 Å². The van der Waals surface area contributed by atoms with Gasteiger partial charge in [-0.05, 0) is 19.4 Å². The van der Waals surface area contributed by atoms with E-state index in [4.69, 9.17) is 4.74 Å². The van der Waals surface area contributed by atoms with Gasteiger partial charge < -0.3 is 15.0 Å². The van der Waals surface area contributed by atoms with E-state index in [1.807, 2.05) is 13.8 Å². The topological polar surface area (TPSA) is 79.9 Å². The summed E-state index contributed by atoms with van der Waals surface area (Å²) in [7, 11) is 0. The van der Waals surface area contributed by atoms with Crippen LogP contribution in [0.2, 0.25) is 0 Å². The number of amides is 1. The predicted molar refractivity (Wildman–Crippen MR) is 74.4 cm³/mol. The number of hydrogen-bond donors (Lipinski definition) is 2. The number of pyridine rings is 1. The Labute approximate surface area is 117 Å². The molecule has 6 nitrogen and oxygen atoms in total. The summed E-state index contributed by atoms with van der Waals surface area (Å²) in [5, 5.41) is 2.78. The van der Waals surface area contributed by atoms with Gasteiger partial charge in [-0.15, -0.1) is 0 Å². The Hall–Kier alpha value is -2.37. The fourth-order valence-corrected chi connectivity index (χ4v) is 1.57. The molecule has 0 aliphatic carbocycles. The maximum Gasteiger partial charge on any atom is 0.251 e. The number of aromatic amines is 1. The summed E-state index contributed by atoms with van der Waals surface area (Å²) in [5.41, 5.74) is 0.518. The third-order valence-electron chi connectivity index (χ3n) is 2.87. The summed E-state index contributed by atoms with van der Waals surface area (Å²) < 4.78 is 5.60. The maximum atomic E-state index is 12.0. The minimum Gasteiger partial charge on any atom is -0.475 e. The molecule has 2 aromatic heterocycles. The summed E-state index contributed by atoms with van der Waals surface area (Å²) in [6, 6.07) is 3.30. The number of hydrogen-bond acceptors (Lipinski definition) is 4. The first-order valence-corrected chi connectivity index (χ1v) is 6.58. The molecular formula is C14H18N4O2. The maximum absolute atomic E-state index is 12.0. The molecule has 2 aromatic rings. The lowest BCUT2D eigenvalue weighted by Crippen LogP contribution is -2.23. The highest BCUT2D eigenvalue weighted by Crippen LogP contribution is 2.12. The Kier molecular flexibility index (Phi) is 4.70. The zero-order valence-corrected chi connectivity index (χ0v) is 11.6. The number of nitrogens with one attached hydrogen (secondary N) is 2. The Morgan fingerprint density at radius 1 is 1.45 bits per heavy atom. The van der Waals surface area contributed by atoms with Crippen LogP contribution in [0.25, 0.3) is 0 Å². The van der Waals surface area contributed by atoms with Gasteiger partial charge in [0.05, 0.1) is 12.6 Å². The SMILES string of the molecule is CCC(C)Oc1cc(C(=O)NCc2ncc[nH]2)ccn1. The van der Waals surface area contributed by atoms with Crippen LogP contribution in [0.3, 0.4) is 0 Å². The molecule has 0 aliphatic heterocycles. The molecule has 2 rings (SSSR count). The molecule has 1 unspecified atom stereocenters. The number of carbonyl (C=O) groups is 1. The first kappa shape index (κ1) is 14.0. The van der Waals surface area contributed by atoms with Crippen LogP contribution in [0.1, 0.15) is 36.5 Å². The van der Waals surface area contributed by atoms with Crippen LogP contribution in [-0.4, -0.2) is 27.0 Å². The number of nitrogens with zero attached hydrogens (tertiary/aromatic N) is 2. The molecule has 0 radical (unpaired) electrons. The van der Waals surface area contributed by atoms with E-state index < -0.39 is 0 Å². The second-order valence-electron chi connectivity index (χ2n) is 4.44. The Morgan fingerprint density at radius 2 is 2.30 bits per heavy atom. The van der Waals surface area contributed by atoms with Gasteiger partial charge in [0.2, 0.25) is 5.88 Å². The zero-order chi connectivity index (χ0) is 14.4. The van der Waals surface area contributed by atoms with Crippen molar-refractivity contribution in [2.24, 2.45) is 0 Å². The smallest absolute Gasteiger partial charge is 0.251 e. The second kappa shape index (κ2) is 6.70. The van der Waals surface area contributed by atoms with E-state index in [9.17, 15) is 4.79 Å². The molecule has 6 heteroatoms. The highest BCUT2D eigenvalue weighted by molar-refractivity contribution is 5.94. The van der Waals surface area contributed by atoms with Gasteiger partial charge >= 0.3 is 0 Å². The van der Waals surface area contributed by atoms with E-state index in [0.29, 0.717) is 23.8 Å². The van der Waals surface area contributed by atoms with Crippen molar-refractivity contribution in [1.82, 2.24) is 20.3 Å². The van der Waals surface area contributed by atoms with E-state index in [1.165, 1.54) is 0 Å². The quantitative estimate of drug-likeness (QED) is 0.843. The van der Waals surface area contributed by atoms with Gasteiger partial charge in [-0.25, -0.2) is 9.97 Å². The standard InChI is InChI=1S/C14H18N4O2/c1-3-10(2)20-13-8-11(4-5-17-13)14(19)18-9-12-15-6-7-16-12/h4-8,10H,3,9H2,1-2H3,(H,15,16)(H,18,19). The molecule has 0 saturated carbocycles. The summed E-state index contributed by atoms with van der Waals surface area (Å²) >= 11 is 0. The van der Waals surface area contributed by atoms with E-state index >= 15 is 0 Å². The summed E-state index contributed by atoms with van der Waals surface area (Å²) in [6.45, 7) is 4.35. The predicted octanol–water partition coefficient (Wildman–Crippen LogP) is 1.91. The average molecular weight is 274 g/mol. The summed E-state index contributed by atoms with van der Waals surface area (Å²) in [5.74, 6) is 0.992. The van der Waals surface area contributed by atoms with Crippen LogP contribution in [0.4, 0.5) is 0 Å². The Bertz CT molecular complexity index is 554. The highest BCUT2D eigenvalue weighted by Gasteiger charge is 2.09. The van der Waals surface area contributed by atoms with Gasteiger partial charge in [0.25, 0.3) is 5.91 Å². The lowest BCUT2D eigenvalue weighted by molar-refractivity contribution is 0.0949. The zero-order valence-electron chi connectivity index (χ0n) is 11.6. The fraction of sp³-hybridized carbons (Fsp3) is 0.357. The molecule has 1 atom stereocenters. The van der Waals surface area contributed by atoms with E-state index in [1.54, 1.807) is 30.7 Å². The Balaban J connectivity index is 1.97. The van der Waals surface area contributed by atoms with Crippen molar-refractivity contribution in [3.05, 3.63) is 42.1 Å². The molecular weight excluding hydrogens is 256 g/mol. The van der Waals surface area contributed by atoms with Gasteiger partial charge in [0.15, 0.2) is 0 Å². The van der Waals surface area contributed by atoms with Gasteiger partial charge in [-0.1, -0.05) is 6.92 Å². The van der Waals surface area contributed by atoms with Crippen molar-refractivity contribution in [2.75, 3.05) is 0 Å². The van der Waals surface area contributed by atoms with Crippen LogP contribution < -0.4 is 10.1 Å². The lowest BCUT2D eigenvalue weighted by atomic mass is 10.2. The summed E-state index contributed by atoms with van der Waals surface area (Å²) in [4.78, 5) is 23.1. The van der Waals surface area contributed by atoms with E-state index in [-0.39, 0.29) is 12.0 Å². The molecule has 1 amide bonds. The van der Waals surface area contributed by atoms with Crippen LogP contribution in [0.5, 0.6) is 5.88 Å². The van der Waals surface area contributed by atoms with Gasteiger partial charge in [0, 0.05) is 30.2 Å². The average Bonchev–Trinajstić information content (AvgIpc) is 2.98. The number of H-pyrrole nitrogens is 1. The monoisotopic (exact) mass is 274 g/mol. The molecule has 20 heavy (non-hydrogen) atoms. The number of ether oxygens (including phenoxy) is 1. The van der Waals surface area contributed by atoms with Crippen molar-refractivity contribution in [3.8, 4) is 5.88 Å². The first-order valence-electron chi connectivity index (χ1n) is 6.58. The first-order chi connectivity index (χ1) is 9.69. The van der Waals surface area contributed by atoms with Crippen LogP contribution >= 0.6 is 0 Å². The van der Waals surface area contributed by atoms with Crippen LogP contribution in [0, 0.1) is 0 Å². The van der Waals surface area contributed by atoms with Crippen LogP contribution in [-0.2, 0) is 6.54 Å². The Morgan fingerprint density at radius 3 is 3.00 bits per heavy atom. The molecule has 0 saturated heterocycles. The molecule has 2 N–H and O–H groups in total.